The van der Waals surface area contributed by atoms with Crippen molar-refractivity contribution in [2.75, 3.05) is 45.8 Å². The first-order valence-corrected chi connectivity index (χ1v) is 7.46. The number of anilines is 1. The summed E-state index contributed by atoms with van der Waals surface area (Å²) in [5.74, 6) is 0.821. The average molecular weight is 420 g/mol. The normalized spacial score (nSPS) is 10.8. The summed E-state index contributed by atoms with van der Waals surface area (Å²) in [5, 5.41) is 6.61. The molecule has 0 aliphatic heterocycles. The number of hydrogen-bond donors (Lipinski definition) is 2. The average Bonchev–Trinajstić information content (AvgIpc) is 2.50. The maximum absolute atomic E-state index is 5.31. The number of hydrogen-bond acceptors (Lipinski definition) is 3. The monoisotopic (exact) mass is 420 g/mol. The number of rotatable bonds is 8. The minimum Gasteiger partial charge on any atom is -0.382 e. The Morgan fingerprint density at radius 2 is 2.05 bits per heavy atom. The van der Waals surface area contributed by atoms with Crippen LogP contribution in [0.4, 0.5) is 5.69 Å². The molecule has 0 aliphatic rings. The van der Waals surface area contributed by atoms with Crippen LogP contribution in [0.3, 0.4) is 0 Å². The van der Waals surface area contributed by atoms with E-state index in [4.69, 9.17) is 4.74 Å². The van der Waals surface area contributed by atoms with Gasteiger partial charge in [0.15, 0.2) is 5.96 Å². The van der Waals surface area contributed by atoms with Gasteiger partial charge in [0.25, 0.3) is 0 Å². The maximum atomic E-state index is 5.31. The largest absolute Gasteiger partial charge is 0.382 e. The Bertz CT molecular complexity index is 438. The van der Waals surface area contributed by atoms with Crippen LogP contribution in [-0.2, 0) is 11.3 Å². The van der Waals surface area contributed by atoms with Gasteiger partial charge in [-0.2, -0.15) is 0 Å². The topological polar surface area (TPSA) is 48.9 Å². The number of nitrogens with one attached hydrogen (secondary N) is 2. The van der Waals surface area contributed by atoms with Crippen LogP contribution in [0.25, 0.3) is 0 Å². The predicted molar refractivity (Wildman–Crippen MR) is 105 cm³/mol. The predicted octanol–water partition coefficient (Wildman–Crippen LogP) is 2.46. The molecule has 5 nitrogen and oxygen atoms in total. The lowest BCUT2D eigenvalue weighted by molar-refractivity contribution is 0.145. The first-order valence-electron chi connectivity index (χ1n) is 7.46. The fourth-order valence-corrected chi connectivity index (χ4v) is 1.88. The summed E-state index contributed by atoms with van der Waals surface area (Å²) in [6.07, 6.45) is 0.977. The minimum atomic E-state index is 0. The molecule has 126 valence electrons. The molecule has 0 spiro atoms. The maximum Gasteiger partial charge on any atom is 0.191 e. The van der Waals surface area contributed by atoms with Gasteiger partial charge < -0.3 is 20.3 Å². The van der Waals surface area contributed by atoms with Crippen molar-refractivity contribution in [3.8, 4) is 0 Å². The van der Waals surface area contributed by atoms with E-state index in [0.717, 1.165) is 38.7 Å². The molecule has 2 N–H and O–H groups in total. The molecular weight excluding hydrogens is 391 g/mol. The molecule has 0 unspecified atom stereocenters. The van der Waals surface area contributed by atoms with Crippen molar-refractivity contribution < 1.29 is 4.74 Å². The molecule has 0 atom stereocenters. The first kappa shape index (κ1) is 21.0. The SMILES string of the molecule is CCOCCCNC(=NC)NCc1cccc(N(C)C)c1.I. The van der Waals surface area contributed by atoms with E-state index in [1.165, 1.54) is 11.3 Å². The summed E-state index contributed by atoms with van der Waals surface area (Å²) >= 11 is 0. The number of halogens is 1. The van der Waals surface area contributed by atoms with E-state index in [1.807, 2.05) is 21.0 Å². The van der Waals surface area contributed by atoms with Gasteiger partial charge in [-0.3, -0.25) is 4.99 Å². The van der Waals surface area contributed by atoms with Crippen LogP contribution in [-0.4, -0.2) is 46.9 Å². The highest BCUT2D eigenvalue weighted by Gasteiger charge is 2.00. The number of ether oxygens (including phenoxy) is 1. The minimum absolute atomic E-state index is 0. The van der Waals surface area contributed by atoms with Gasteiger partial charge in [-0.1, -0.05) is 12.1 Å². The van der Waals surface area contributed by atoms with Crippen LogP contribution in [0.15, 0.2) is 29.3 Å². The molecule has 0 radical (unpaired) electrons. The summed E-state index contributed by atoms with van der Waals surface area (Å²) in [7, 11) is 5.88. The Hall–Kier alpha value is -1.02. The first-order chi connectivity index (χ1) is 10.2. The number of guanidine groups is 1. The molecule has 0 bridgehead atoms. The van der Waals surface area contributed by atoms with Crippen molar-refractivity contribution in [2.45, 2.75) is 19.9 Å². The van der Waals surface area contributed by atoms with E-state index in [1.54, 1.807) is 7.05 Å². The van der Waals surface area contributed by atoms with Gasteiger partial charge in [0.2, 0.25) is 0 Å². The summed E-state index contributed by atoms with van der Waals surface area (Å²) in [5.41, 5.74) is 2.44. The van der Waals surface area contributed by atoms with E-state index >= 15 is 0 Å². The molecule has 0 saturated heterocycles. The van der Waals surface area contributed by atoms with Gasteiger partial charge in [0.05, 0.1) is 0 Å². The Morgan fingerprint density at radius 1 is 1.27 bits per heavy atom. The third kappa shape index (κ3) is 8.43. The van der Waals surface area contributed by atoms with Gasteiger partial charge in [0.1, 0.15) is 0 Å². The van der Waals surface area contributed by atoms with Crippen LogP contribution in [0.5, 0.6) is 0 Å². The Morgan fingerprint density at radius 3 is 2.68 bits per heavy atom. The summed E-state index contributed by atoms with van der Waals surface area (Å²) in [6, 6.07) is 8.46. The van der Waals surface area contributed by atoms with Crippen LogP contribution < -0.4 is 15.5 Å². The van der Waals surface area contributed by atoms with E-state index < -0.39 is 0 Å². The van der Waals surface area contributed by atoms with Crippen LogP contribution in [0.2, 0.25) is 0 Å². The molecular formula is C16H29IN4O. The van der Waals surface area contributed by atoms with E-state index in [2.05, 4.69) is 44.8 Å². The molecule has 0 amide bonds. The summed E-state index contributed by atoms with van der Waals surface area (Å²) in [4.78, 5) is 6.32. The number of nitrogens with zero attached hydrogens (tertiary/aromatic N) is 2. The Balaban J connectivity index is 0.00000441. The lowest BCUT2D eigenvalue weighted by atomic mass is 10.2. The molecule has 0 fully saturated rings. The number of benzene rings is 1. The standard InChI is InChI=1S/C16H28N4O.HI/c1-5-21-11-7-10-18-16(17-2)19-13-14-8-6-9-15(12-14)20(3)4;/h6,8-9,12H,5,7,10-11,13H2,1-4H3,(H2,17,18,19);1H. The highest BCUT2D eigenvalue weighted by atomic mass is 127. The van der Waals surface area contributed by atoms with E-state index in [9.17, 15) is 0 Å². The fraction of sp³-hybridized carbons (Fsp3) is 0.562. The molecule has 1 aromatic carbocycles. The van der Waals surface area contributed by atoms with E-state index in [-0.39, 0.29) is 24.0 Å². The zero-order valence-corrected chi connectivity index (χ0v) is 16.4. The third-order valence-corrected chi connectivity index (χ3v) is 3.07. The zero-order valence-electron chi connectivity index (χ0n) is 14.1. The van der Waals surface area contributed by atoms with Gasteiger partial charge in [0, 0.05) is 53.1 Å². The van der Waals surface area contributed by atoms with Crippen LogP contribution in [0.1, 0.15) is 18.9 Å². The summed E-state index contributed by atoms with van der Waals surface area (Å²) in [6.45, 7) is 5.18. The summed E-state index contributed by atoms with van der Waals surface area (Å²) < 4.78 is 5.31. The van der Waals surface area contributed by atoms with Gasteiger partial charge in [-0.25, -0.2) is 0 Å². The highest BCUT2D eigenvalue weighted by Crippen LogP contribution is 2.12. The van der Waals surface area contributed by atoms with E-state index in [0.29, 0.717) is 0 Å². The number of aliphatic imine (C=N–C) groups is 1. The second kappa shape index (κ2) is 12.5. The molecule has 0 saturated carbocycles. The molecule has 1 rings (SSSR count). The van der Waals surface area contributed by atoms with Crippen molar-refractivity contribution in [1.29, 1.82) is 0 Å². The second-order valence-electron chi connectivity index (χ2n) is 4.97. The highest BCUT2D eigenvalue weighted by molar-refractivity contribution is 14.0. The molecule has 6 heteroatoms. The quantitative estimate of drug-likeness (QED) is 0.294. The fourth-order valence-electron chi connectivity index (χ4n) is 1.88. The van der Waals surface area contributed by atoms with Crippen molar-refractivity contribution in [3.05, 3.63) is 29.8 Å². The van der Waals surface area contributed by atoms with Gasteiger partial charge >= 0.3 is 0 Å². The molecule has 22 heavy (non-hydrogen) atoms. The van der Waals surface area contributed by atoms with Crippen molar-refractivity contribution in [1.82, 2.24) is 10.6 Å². The second-order valence-corrected chi connectivity index (χ2v) is 4.97. The lowest BCUT2D eigenvalue weighted by Crippen LogP contribution is -2.37. The zero-order chi connectivity index (χ0) is 15.5. The Kier molecular flexibility index (Phi) is 11.9. The molecule has 0 aromatic heterocycles. The Labute approximate surface area is 151 Å². The smallest absolute Gasteiger partial charge is 0.191 e. The molecule has 1 aromatic rings. The van der Waals surface area contributed by atoms with Crippen molar-refractivity contribution in [2.24, 2.45) is 4.99 Å². The third-order valence-electron chi connectivity index (χ3n) is 3.07. The van der Waals surface area contributed by atoms with Gasteiger partial charge in [-0.15, -0.1) is 24.0 Å². The van der Waals surface area contributed by atoms with Crippen molar-refractivity contribution in [3.63, 3.8) is 0 Å². The lowest BCUT2D eigenvalue weighted by Gasteiger charge is -2.15. The molecule has 0 heterocycles. The van der Waals surface area contributed by atoms with Crippen LogP contribution >= 0.6 is 24.0 Å². The van der Waals surface area contributed by atoms with Crippen LogP contribution in [0, 0.1) is 0 Å². The molecule has 0 aliphatic carbocycles. The van der Waals surface area contributed by atoms with Gasteiger partial charge in [-0.05, 0) is 31.0 Å². The van der Waals surface area contributed by atoms with Crippen molar-refractivity contribution >= 4 is 35.6 Å².